The number of methoxy groups -OCH3 is 1. The van der Waals surface area contributed by atoms with Gasteiger partial charge in [-0.15, -0.1) is 0 Å². The zero-order chi connectivity index (χ0) is 22.9. The first-order valence-electron chi connectivity index (χ1n) is 10.1. The van der Waals surface area contributed by atoms with E-state index in [0.717, 1.165) is 15.8 Å². The minimum absolute atomic E-state index is 0.267. The van der Waals surface area contributed by atoms with Gasteiger partial charge in [-0.1, -0.05) is 54.1 Å². The summed E-state index contributed by atoms with van der Waals surface area (Å²) in [6.07, 6.45) is 2.98. The molecule has 0 radical (unpaired) electrons. The number of aromatic nitrogens is 4. The molecule has 0 bridgehead atoms. The van der Waals surface area contributed by atoms with Crippen molar-refractivity contribution in [3.8, 4) is 11.1 Å². The number of nitrogens with zero attached hydrogens (tertiary/aromatic N) is 4. The minimum atomic E-state index is -0.496. The molecule has 3 aromatic heterocycles. The van der Waals surface area contributed by atoms with Crippen LogP contribution >= 0.6 is 11.6 Å². The molecule has 5 rings (SSSR count). The molecule has 0 spiro atoms. The number of amides is 1. The van der Waals surface area contributed by atoms with Crippen LogP contribution < -0.4 is 11.0 Å². The van der Waals surface area contributed by atoms with Crippen molar-refractivity contribution in [2.75, 3.05) is 12.5 Å². The molecule has 0 fully saturated rings. The minimum Gasteiger partial charge on any atom is -0.378 e. The number of carbonyl (C=O) groups is 1. The van der Waals surface area contributed by atoms with E-state index in [2.05, 4.69) is 15.5 Å². The van der Waals surface area contributed by atoms with Gasteiger partial charge in [-0.25, -0.2) is 14.2 Å². The Kier molecular flexibility index (Phi) is 5.37. The summed E-state index contributed by atoms with van der Waals surface area (Å²) in [5.74, 6) is -0.496. The first-order chi connectivity index (χ1) is 16.1. The van der Waals surface area contributed by atoms with E-state index in [0.29, 0.717) is 33.9 Å². The van der Waals surface area contributed by atoms with Gasteiger partial charge in [-0.05, 0) is 23.8 Å². The van der Waals surface area contributed by atoms with Gasteiger partial charge in [0.25, 0.3) is 11.5 Å². The van der Waals surface area contributed by atoms with E-state index in [-0.39, 0.29) is 5.56 Å². The van der Waals surface area contributed by atoms with Crippen LogP contribution in [-0.2, 0) is 11.3 Å². The van der Waals surface area contributed by atoms with E-state index in [1.807, 2.05) is 30.3 Å². The molecule has 5 aromatic rings. The quantitative estimate of drug-likeness (QED) is 0.430. The van der Waals surface area contributed by atoms with Crippen LogP contribution in [0.25, 0.3) is 27.7 Å². The topological polar surface area (TPSA) is 90.5 Å². The zero-order valence-corrected chi connectivity index (χ0v) is 18.3. The third kappa shape index (κ3) is 3.65. The van der Waals surface area contributed by atoms with Crippen LogP contribution in [0, 0.1) is 0 Å². The molecular formula is C24H18ClN5O3. The van der Waals surface area contributed by atoms with Gasteiger partial charge >= 0.3 is 0 Å². The molecule has 164 valence electrons. The van der Waals surface area contributed by atoms with Gasteiger partial charge < -0.3 is 4.74 Å². The number of pyridine rings is 1. The van der Waals surface area contributed by atoms with Crippen molar-refractivity contribution >= 4 is 34.1 Å². The molecule has 0 aliphatic carbocycles. The number of hydrogen-bond donors (Lipinski definition) is 1. The summed E-state index contributed by atoms with van der Waals surface area (Å²) in [5.41, 5.74) is 6.08. The van der Waals surface area contributed by atoms with E-state index in [1.54, 1.807) is 42.0 Å². The van der Waals surface area contributed by atoms with E-state index < -0.39 is 11.5 Å². The molecule has 9 heteroatoms. The van der Waals surface area contributed by atoms with Crippen LogP contribution in [0.15, 0.2) is 77.9 Å². The molecule has 0 atom stereocenters. The Bertz CT molecular complexity index is 1560. The highest BCUT2D eigenvalue weighted by atomic mass is 35.5. The monoisotopic (exact) mass is 459 g/mol. The Morgan fingerprint density at radius 3 is 2.61 bits per heavy atom. The summed E-state index contributed by atoms with van der Waals surface area (Å²) in [6.45, 7) is 0.292. The number of rotatable bonds is 5. The number of hydrogen-bond acceptors (Lipinski definition) is 5. The normalized spacial score (nSPS) is 11.2. The van der Waals surface area contributed by atoms with Gasteiger partial charge in [0.15, 0.2) is 5.65 Å². The molecule has 0 unspecified atom stereocenters. The Morgan fingerprint density at radius 2 is 1.85 bits per heavy atom. The molecule has 3 heterocycles. The molecule has 2 aromatic carbocycles. The molecule has 0 saturated carbocycles. The van der Waals surface area contributed by atoms with Crippen LogP contribution in [0.2, 0.25) is 5.02 Å². The summed E-state index contributed by atoms with van der Waals surface area (Å²) in [6, 6.07) is 18.1. The largest absolute Gasteiger partial charge is 0.378 e. The van der Waals surface area contributed by atoms with Crippen molar-refractivity contribution in [3.05, 3.63) is 99.7 Å². The number of fused-ring (bicyclic) bond motifs is 3. The average molecular weight is 460 g/mol. The lowest BCUT2D eigenvalue weighted by atomic mass is 10.1. The van der Waals surface area contributed by atoms with E-state index >= 15 is 0 Å². The van der Waals surface area contributed by atoms with Gasteiger partial charge in [-0.3, -0.25) is 15.0 Å². The lowest BCUT2D eigenvalue weighted by Crippen LogP contribution is -2.33. The lowest BCUT2D eigenvalue weighted by Gasteiger charge is -2.10. The van der Waals surface area contributed by atoms with Crippen LogP contribution in [0.5, 0.6) is 0 Å². The van der Waals surface area contributed by atoms with Gasteiger partial charge in [0.2, 0.25) is 0 Å². The van der Waals surface area contributed by atoms with Crippen molar-refractivity contribution < 1.29 is 9.53 Å². The standard InChI is InChI=1S/C24H18ClN5O3/c1-33-14-19-21(15-7-3-2-4-8-15)22-26-13-17-20(30(22)27-19)11-12-29(24(17)32)28-23(31)16-9-5-6-10-18(16)25/h2-13H,14H2,1H3,(H,28,31). The highest BCUT2D eigenvalue weighted by Crippen LogP contribution is 2.29. The van der Waals surface area contributed by atoms with E-state index in [1.165, 1.54) is 12.4 Å². The second-order valence-electron chi connectivity index (χ2n) is 7.32. The molecule has 0 aliphatic rings. The molecular weight excluding hydrogens is 442 g/mol. The van der Waals surface area contributed by atoms with Crippen molar-refractivity contribution in [1.82, 2.24) is 19.3 Å². The van der Waals surface area contributed by atoms with Crippen LogP contribution in [-0.4, -0.2) is 32.3 Å². The third-order valence-corrected chi connectivity index (χ3v) is 5.60. The fourth-order valence-corrected chi connectivity index (χ4v) is 3.98. The summed E-state index contributed by atoms with van der Waals surface area (Å²) in [4.78, 5) is 30.3. The highest BCUT2D eigenvalue weighted by Gasteiger charge is 2.19. The van der Waals surface area contributed by atoms with Crippen molar-refractivity contribution in [1.29, 1.82) is 0 Å². The highest BCUT2D eigenvalue weighted by molar-refractivity contribution is 6.34. The summed E-state index contributed by atoms with van der Waals surface area (Å²) in [7, 11) is 1.60. The Labute approximate surface area is 193 Å². The van der Waals surface area contributed by atoms with Crippen LogP contribution in [0.1, 0.15) is 16.1 Å². The van der Waals surface area contributed by atoms with Crippen molar-refractivity contribution in [2.45, 2.75) is 6.61 Å². The lowest BCUT2D eigenvalue weighted by molar-refractivity contribution is 0.101. The number of benzene rings is 2. The maximum Gasteiger partial charge on any atom is 0.280 e. The number of ether oxygens (including phenoxy) is 1. The Balaban J connectivity index is 1.63. The second kappa shape index (κ2) is 8.50. The number of halogens is 1. The average Bonchev–Trinajstić information content (AvgIpc) is 3.20. The predicted octanol–water partition coefficient (Wildman–Crippen LogP) is 3.89. The van der Waals surface area contributed by atoms with E-state index in [4.69, 9.17) is 16.3 Å². The maximum atomic E-state index is 13.1. The smallest absolute Gasteiger partial charge is 0.280 e. The molecule has 1 N–H and O–H groups in total. The van der Waals surface area contributed by atoms with Gasteiger partial charge in [0.05, 0.1) is 39.4 Å². The molecule has 1 amide bonds. The van der Waals surface area contributed by atoms with Gasteiger partial charge in [0, 0.05) is 19.5 Å². The number of nitrogens with one attached hydrogen (secondary N) is 1. The van der Waals surface area contributed by atoms with Crippen molar-refractivity contribution in [2.24, 2.45) is 0 Å². The first kappa shape index (κ1) is 20.9. The molecule has 33 heavy (non-hydrogen) atoms. The Hall–Kier alpha value is -4.01. The van der Waals surface area contributed by atoms with Gasteiger partial charge in [-0.2, -0.15) is 5.10 Å². The summed E-state index contributed by atoms with van der Waals surface area (Å²) >= 11 is 6.10. The summed E-state index contributed by atoms with van der Waals surface area (Å²) in [5, 5.41) is 5.27. The van der Waals surface area contributed by atoms with Gasteiger partial charge in [0.1, 0.15) is 0 Å². The predicted molar refractivity (Wildman–Crippen MR) is 126 cm³/mol. The molecule has 0 saturated heterocycles. The fourth-order valence-electron chi connectivity index (χ4n) is 3.76. The maximum absolute atomic E-state index is 13.1. The second-order valence-corrected chi connectivity index (χ2v) is 7.73. The van der Waals surface area contributed by atoms with Crippen molar-refractivity contribution in [3.63, 3.8) is 0 Å². The third-order valence-electron chi connectivity index (χ3n) is 5.27. The van der Waals surface area contributed by atoms with Crippen LogP contribution in [0.4, 0.5) is 0 Å². The van der Waals surface area contributed by atoms with Crippen LogP contribution in [0.3, 0.4) is 0 Å². The zero-order valence-electron chi connectivity index (χ0n) is 17.5. The summed E-state index contributed by atoms with van der Waals surface area (Å²) < 4.78 is 8.09. The first-order valence-corrected chi connectivity index (χ1v) is 10.5. The Morgan fingerprint density at radius 1 is 1.09 bits per heavy atom. The fraction of sp³-hybridized carbons (Fsp3) is 0.0833. The molecule has 8 nitrogen and oxygen atoms in total. The molecule has 0 aliphatic heterocycles. The van der Waals surface area contributed by atoms with E-state index in [9.17, 15) is 9.59 Å². The number of carbonyl (C=O) groups excluding carboxylic acids is 1. The SMILES string of the molecule is COCc1nn2c(ncc3c(=O)n(NC(=O)c4ccccc4Cl)ccc32)c1-c1ccccc1.